The largest absolute Gasteiger partial charge is 0.453 e. The number of ether oxygens (including phenoxy) is 1. The normalized spacial score (nSPS) is 11.8. The first-order chi connectivity index (χ1) is 18.8. The maximum atomic E-state index is 6.16. The highest BCUT2D eigenvalue weighted by Crippen LogP contribution is 2.50. The Kier molecular flexibility index (Phi) is 5.33. The van der Waals surface area contributed by atoms with Gasteiger partial charge in [-0.2, -0.15) is 0 Å². The molecule has 0 saturated heterocycles. The molecule has 6 heteroatoms. The highest BCUT2D eigenvalue weighted by atomic mass is 16.5. The number of aromatic nitrogens is 4. The SMILES string of the molecule is c1ccc(-c2nc(-c3ccc(N4c5ccccc5Oc5ccccc54)cc3)nc(-c3ccccn3)n2)cc1. The minimum absolute atomic E-state index is 0.537. The Morgan fingerprint density at radius 3 is 1.66 bits per heavy atom. The molecule has 0 aliphatic carbocycles. The van der Waals surface area contributed by atoms with Gasteiger partial charge in [0.2, 0.25) is 0 Å². The number of rotatable bonds is 4. The van der Waals surface area contributed by atoms with Crippen molar-refractivity contribution in [1.29, 1.82) is 0 Å². The molecular formula is C32H21N5O. The summed E-state index contributed by atoms with van der Waals surface area (Å²) < 4.78 is 6.16. The van der Waals surface area contributed by atoms with E-state index in [4.69, 9.17) is 19.7 Å². The minimum Gasteiger partial charge on any atom is -0.453 e. The summed E-state index contributed by atoms with van der Waals surface area (Å²) in [6.45, 7) is 0. The molecule has 180 valence electrons. The lowest BCUT2D eigenvalue weighted by Gasteiger charge is -2.32. The van der Waals surface area contributed by atoms with Crippen LogP contribution in [-0.2, 0) is 0 Å². The molecule has 0 amide bonds. The Balaban J connectivity index is 1.32. The number of nitrogens with zero attached hydrogens (tertiary/aromatic N) is 5. The zero-order chi connectivity index (χ0) is 25.3. The van der Waals surface area contributed by atoms with Crippen LogP contribution in [0.1, 0.15) is 0 Å². The third-order valence-corrected chi connectivity index (χ3v) is 6.38. The second-order valence-electron chi connectivity index (χ2n) is 8.81. The lowest BCUT2D eigenvalue weighted by molar-refractivity contribution is 0.477. The molecule has 4 aromatic carbocycles. The first kappa shape index (κ1) is 21.9. The smallest absolute Gasteiger partial charge is 0.182 e. The first-order valence-electron chi connectivity index (χ1n) is 12.3. The number of benzene rings is 4. The standard InChI is InChI=1S/C32H21N5O/c1-2-10-22(11-3-1)30-34-31(36-32(35-30)25-12-8-9-21-33-25)23-17-19-24(20-18-23)37-26-13-4-6-15-28(26)38-29-16-7-5-14-27(29)37/h1-21H. The Bertz CT molecular complexity index is 1640. The van der Waals surface area contributed by atoms with Crippen molar-refractivity contribution >= 4 is 17.1 Å². The van der Waals surface area contributed by atoms with Gasteiger partial charge in [0.25, 0.3) is 0 Å². The molecule has 6 aromatic rings. The van der Waals surface area contributed by atoms with Crippen LogP contribution in [0.25, 0.3) is 34.3 Å². The molecule has 0 saturated carbocycles. The predicted octanol–water partition coefficient (Wildman–Crippen LogP) is 7.84. The summed E-state index contributed by atoms with van der Waals surface area (Å²) in [6.07, 6.45) is 1.74. The van der Waals surface area contributed by atoms with E-state index in [1.54, 1.807) is 6.20 Å². The van der Waals surface area contributed by atoms with E-state index < -0.39 is 0 Å². The second-order valence-corrected chi connectivity index (χ2v) is 8.81. The quantitative estimate of drug-likeness (QED) is 0.250. The van der Waals surface area contributed by atoms with Crippen molar-refractivity contribution in [3.8, 4) is 45.8 Å². The van der Waals surface area contributed by atoms with E-state index in [1.165, 1.54) is 0 Å². The van der Waals surface area contributed by atoms with Crippen LogP contribution in [-0.4, -0.2) is 19.9 Å². The topological polar surface area (TPSA) is 64.0 Å². The van der Waals surface area contributed by atoms with Crippen LogP contribution in [0.3, 0.4) is 0 Å². The van der Waals surface area contributed by atoms with E-state index in [-0.39, 0.29) is 0 Å². The fourth-order valence-electron chi connectivity index (χ4n) is 4.57. The lowest BCUT2D eigenvalue weighted by Crippen LogP contribution is -2.15. The summed E-state index contributed by atoms with van der Waals surface area (Å²) in [5.41, 5.74) is 5.50. The van der Waals surface area contributed by atoms with Crippen LogP contribution in [0.5, 0.6) is 11.5 Å². The van der Waals surface area contributed by atoms with Gasteiger partial charge < -0.3 is 9.64 Å². The van der Waals surface area contributed by atoms with Gasteiger partial charge in [0, 0.05) is 23.0 Å². The van der Waals surface area contributed by atoms with E-state index in [2.05, 4.69) is 34.1 Å². The first-order valence-corrected chi connectivity index (χ1v) is 12.3. The van der Waals surface area contributed by atoms with Crippen molar-refractivity contribution < 1.29 is 4.74 Å². The van der Waals surface area contributed by atoms with Gasteiger partial charge >= 0.3 is 0 Å². The summed E-state index contributed by atoms with van der Waals surface area (Å²) in [5.74, 6) is 3.38. The zero-order valence-corrected chi connectivity index (χ0v) is 20.3. The molecule has 0 fully saturated rings. The third-order valence-electron chi connectivity index (χ3n) is 6.38. The average molecular weight is 492 g/mol. The summed E-state index contributed by atoms with van der Waals surface area (Å²) >= 11 is 0. The van der Waals surface area contributed by atoms with Gasteiger partial charge in [-0.25, -0.2) is 15.0 Å². The van der Waals surface area contributed by atoms with Crippen molar-refractivity contribution in [1.82, 2.24) is 19.9 Å². The maximum Gasteiger partial charge on any atom is 0.182 e. The van der Waals surface area contributed by atoms with Crippen molar-refractivity contribution in [2.75, 3.05) is 4.90 Å². The van der Waals surface area contributed by atoms with Crippen molar-refractivity contribution in [2.45, 2.75) is 0 Å². The fourth-order valence-corrected chi connectivity index (χ4v) is 4.57. The molecule has 38 heavy (non-hydrogen) atoms. The molecule has 3 heterocycles. The minimum atomic E-state index is 0.537. The molecule has 2 aromatic heterocycles. The third kappa shape index (κ3) is 3.94. The van der Waals surface area contributed by atoms with E-state index in [9.17, 15) is 0 Å². The van der Waals surface area contributed by atoms with Gasteiger partial charge in [-0.1, -0.05) is 60.7 Å². The van der Waals surface area contributed by atoms with Gasteiger partial charge in [0.05, 0.1) is 11.4 Å². The van der Waals surface area contributed by atoms with Crippen molar-refractivity contribution in [2.24, 2.45) is 0 Å². The molecule has 6 nitrogen and oxygen atoms in total. The van der Waals surface area contributed by atoms with E-state index in [0.717, 1.165) is 39.7 Å². The monoisotopic (exact) mass is 491 g/mol. The molecule has 7 rings (SSSR count). The van der Waals surface area contributed by atoms with Gasteiger partial charge in [0.1, 0.15) is 5.69 Å². The fraction of sp³-hybridized carbons (Fsp3) is 0. The van der Waals surface area contributed by atoms with Crippen LogP contribution < -0.4 is 9.64 Å². The van der Waals surface area contributed by atoms with Crippen LogP contribution in [0.2, 0.25) is 0 Å². The number of hydrogen-bond donors (Lipinski definition) is 0. The van der Waals surface area contributed by atoms with E-state index >= 15 is 0 Å². The molecule has 1 aliphatic rings. The van der Waals surface area contributed by atoms with Crippen LogP contribution in [0, 0.1) is 0 Å². The van der Waals surface area contributed by atoms with E-state index in [1.807, 2.05) is 97.1 Å². The predicted molar refractivity (Wildman–Crippen MR) is 149 cm³/mol. The number of para-hydroxylation sites is 4. The Hall–Kier alpha value is -5.36. The Labute approximate surface area is 219 Å². The molecule has 0 spiro atoms. The number of anilines is 3. The summed E-state index contributed by atoms with van der Waals surface area (Å²) in [7, 11) is 0. The van der Waals surface area contributed by atoms with Gasteiger partial charge in [-0.05, 0) is 60.7 Å². The second kappa shape index (κ2) is 9.26. The average Bonchev–Trinajstić information content (AvgIpc) is 3.00. The molecule has 0 bridgehead atoms. The van der Waals surface area contributed by atoms with Gasteiger partial charge in [-0.3, -0.25) is 4.98 Å². The van der Waals surface area contributed by atoms with Gasteiger partial charge in [0.15, 0.2) is 29.0 Å². The molecule has 0 radical (unpaired) electrons. The molecule has 0 unspecified atom stereocenters. The van der Waals surface area contributed by atoms with E-state index in [0.29, 0.717) is 23.2 Å². The van der Waals surface area contributed by atoms with Crippen LogP contribution >= 0.6 is 0 Å². The van der Waals surface area contributed by atoms with Crippen LogP contribution in [0.15, 0.2) is 128 Å². The van der Waals surface area contributed by atoms with Crippen molar-refractivity contribution in [3.05, 3.63) is 128 Å². The summed E-state index contributed by atoms with van der Waals surface area (Å²) in [5, 5.41) is 0. The van der Waals surface area contributed by atoms with Crippen LogP contribution in [0.4, 0.5) is 17.1 Å². The lowest BCUT2D eigenvalue weighted by atomic mass is 10.1. The number of pyridine rings is 1. The Morgan fingerprint density at radius 2 is 1.03 bits per heavy atom. The molecule has 0 atom stereocenters. The zero-order valence-electron chi connectivity index (χ0n) is 20.3. The highest BCUT2D eigenvalue weighted by molar-refractivity contribution is 5.86. The molecule has 0 N–H and O–H groups in total. The number of fused-ring (bicyclic) bond motifs is 2. The van der Waals surface area contributed by atoms with Gasteiger partial charge in [-0.15, -0.1) is 0 Å². The Morgan fingerprint density at radius 1 is 0.474 bits per heavy atom. The van der Waals surface area contributed by atoms with Crippen molar-refractivity contribution in [3.63, 3.8) is 0 Å². The number of hydrogen-bond acceptors (Lipinski definition) is 6. The molecule has 1 aliphatic heterocycles. The summed E-state index contributed by atoms with van der Waals surface area (Å²) in [4.78, 5) is 21.0. The highest BCUT2D eigenvalue weighted by Gasteiger charge is 2.25. The molecular weight excluding hydrogens is 470 g/mol. The maximum absolute atomic E-state index is 6.16. The summed E-state index contributed by atoms with van der Waals surface area (Å²) in [6, 6.07) is 40.0.